The Kier molecular flexibility index (Phi) is 7.19. The Hall–Kier alpha value is -3.09. The zero-order chi connectivity index (χ0) is 30.0. The number of pyridine rings is 1. The van der Waals surface area contributed by atoms with Crippen molar-refractivity contribution in [1.29, 1.82) is 0 Å². The average Bonchev–Trinajstić information content (AvgIpc) is 3.34. The van der Waals surface area contributed by atoms with Crippen LogP contribution < -0.4 is 0 Å². The van der Waals surface area contributed by atoms with E-state index in [9.17, 15) is 45.1 Å². The lowest BCUT2D eigenvalue weighted by Crippen LogP contribution is -2.53. The van der Waals surface area contributed by atoms with Gasteiger partial charge < -0.3 is 10.0 Å². The van der Waals surface area contributed by atoms with Gasteiger partial charge in [0.1, 0.15) is 10.6 Å². The summed E-state index contributed by atoms with van der Waals surface area (Å²) in [5.41, 5.74) is -4.36. The highest BCUT2D eigenvalue weighted by Gasteiger charge is 2.63. The fourth-order valence-corrected chi connectivity index (χ4v) is 8.99. The van der Waals surface area contributed by atoms with Crippen molar-refractivity contribution in [3.63, 3.8) is 0 Å². The Bertz CT molecular complexity index is 1470. The van der Waals surface area contributed by atoms with E-state index in [1.807, 2.05) is 0 Å². The Balaban J connectivity index is 1.59. The summed E-state index contributed by atoms with van der Waals surface area (Å²) in [5.74, 6) is -2.94. The smallest absolute Gasteiger partial charge is 0.426 e. The van der Waals surface area contributed by atoms with Crippen molar-refractivity contribution < 1.29 is 45.1 Å². The second-order valence-corrected chi connectivity index (χ2v) is 13.5. The Morgan fingerprint density at radius 3 is 2.22 bits per heavy atom. The van der Waals surface area contributed by atoms with Crippen LogP contribution in [-0.2, 0) is 36.3 Å². The zero-order valence-electron chi connectivity index (χ0n) is 22.1. The Labute approximate surface area is 233 Å². The molecule has 1 aromatic carbocycles. The van der Waals surface area contributed by atoms with Crippen LogP contribution in [0.25, 0.3) is 0 Å². The molecule has 2 fully saturated rings. The van der Waals surface area contributed by atoms with Gasteiger partial charge in [-0.2, -0.15) is 13.2 Å². The van der Waals surface area contributed by atoms with Gasteiger partial charge in [0.05, 0.1) is 22.5 Å². The fourth-order valence-electron chi connectivity index (χ4n) is 6.67. The van der Waals surface area contributed by atoms with Crippen LogP contribution >= 0.6 is 0 Å². The minimum absolute atomic E-state index is 0.0228. The molecule has 3 atom stereocenters. The number of carbonyl (C=O) groups excluding carboxylic acids is 1. The van der Waals surface area contributed by atoms with E-state index in [4.69, 9.17) is 0 Å². The maximum atomic E-state index is 14.8. The number of hydrogen-bond acceptors (Lipinski definition) is 5. The van der Waals surface area contributed by atoms with Crippen molar-refractivity contribution in [1.82, 2.24) is 9.88 Å². The molecule has 7 nitrogen and oxygen atoms in total. The number of aliphatic carboxylic acids is 1. The van der Waals surface area contributed by atoms with Crippen LogP contribution in [0.15, 0.2) is 41.4 Å². The van der Waals surface area contributed by atoms with E-state index in [2.05, 4.69) is 4.98 Å². The van der Waals surface area contributed by atoms with Gasteiger partial charge in [-0.05, 0) is 87.8 Å². The summed E-state index contributed by atoms with van der Waals surface area (Å²) in [6.45, 7) is 0.400. The third-order valence-electron chi connectivity index (χ3n) is 9.08. The summed E-state index contributed by atoms with van der Waals surface area (Å²) < 4.78 is 95.8. The molecular weight excluding hydrogens is 571 g/mol. The number of carbonyl (C=O) groups is 2. The van der Waals surface area contributed by atoms with Gasteiger partial charge in [0, 0.05) is 24.2 Å². The van der Waals surface area contributed by atoms with Crippen molar-refractivity contribution in [3.8, 4) is 0 Å². The lowest BCUT2D eigenvalue weighted by molar-refractivity contribution is -0.228. The van der Waals surface area contributed by atoms with E-state index in [1.165, 1.54) is 4.90 Å². The number of hydrogen-bond donors (Lipinski definition) is 1. The van der Waals surface area contributed by atoms with Gasteiger partial charge in [0.2, 0.25) is 11.6 Å². The molecule has 1 N–H and O–H groups in total. The predicted octanol–water partition coefficient (Wildman–Crippen LogP) is 5.08. The second kappa shape index (κ2) is 10.0. The minimum Gasteiger partial charge on any atom is -0.481 e. The predicted molar refractivity (Wildman–Crippen MR) is 136 cm³/mol. The summed E-state index contributed by atoms with van der Waals surface area (Å²) in [6, 6.07) is 4.24. The number of sulfone groups is 1. The lowest BCUT2D eigenvalue weighted by Gasteiger charge is -2.42. The number of amides is 1. The summed E-state index contributed by atoms with van der Waals surface area (Å²) in [7, 11) is -4.40. The highest BCUT2D eigenvalue weighted by molar-refractivity contribution is 7.92. The highest BCUT2D eigenvalue weighted by Crippen LogP contribution is 2.53. The van der Waals surface area contributed by atoms with Crippen LogP contribution in [0.1, 0.15) is 62.3 Å². The quantitative estimate of drug-likeness (QED) is 0.380. The number of alkyl halides is 4. The molecule has 0 radical (unpaired) electrons. The molecule has 1 aromatic heterocycles. The number of likely N-dealkylation sites (tertiary alicyclic amines) is 1. The molecule has 2 aliphatic carbocycles. The third kappa shape index (κ3) is 4.60. The number of halogens is 5. The molecule has 1 saturated heterocycles. The maximum absolute atomic E-state index is 14.8. The van der Waals surface area contributed by atoms with Crippen LogP contribution in [0.4, 0.5) is 22.0 Å². The summed E-state index contributed by atoms with van der Waals surface area (Å²) in [4.78, 5) is 30.5. The molecule has 1 saturated carbocycles. The van der Waals surface area contributed by atoms with Crippen molar-refractivity contribution >= 4 is 21.7 Å². The summed E-state index contributed by atoms with van der Waals surface area (Å²) in [5, 5.41) is 9.31. The van der Waals surface area contributed by atoms with Gasteiger partial charge in [0.25, 0.3) is 0 Å². The van der Waals surface area contributed by atoms with E-state index in [0.29, 0.717) is 38.8 Å². The number of carboxylic acids is 1. The molecule has 5 rings (SSSR count). The molecule has 13 heteroatoms. The van der Waals surface area contributed by atoms with Gasteiger partial charge in [-0.15, -0.1) is 0 Å². The van der Waals surface area contributed by atoms with E-state index in [-0.39, 0.29) is 47.9 Å². The van der Waals surface area contributed by atoms with Crippen molar-refractivity contribution in [2.75, 3.05) is 6.54 Å². The van der Waals surface area contributed by atoms with E-state index < -0.39 is 61.7 Å². The first-order chi connectivity index (χ1) is 19.1. The van der Waals surface area contributed by atoms with Gasteiger partial charge in [-0.3, -0.25) is 14.6 Å². The SMILES string of the molecule is CC(F)(c1cnc2c(c1)CCC1N(C(=O)C3CCC(C(=O)O)CC3)CCC21S(=O)(=O)c1ccc(F)cc1)C(F)(F)F. The molecule has 0 spiro atoms. The molecule has 1 amide bonds. The molecule has 0 bridgehead atoms. The van der Waals surface area contributed by atoms with E-state index in [1.54, 1.807) is 0 Å². The second-order valence-electron chi connectivity index (χ2n) is 11.3. The van der Waals surface area contributed by atoms with Crippen LogP contribution in [0, 0.1) is 17.7 Å². The lowest BCUT2D eigenvalue weighted by atomic mass is 9.79. The molecule has 222 valence electrons. The molecule has 2 heterocycles. The van der Waals surface area contributed by atoms with Gasteiger partial charge in [-0.25, -0.2) is 17.2 Å². The number of aryl methyl sites for hydroxylation is 1. The topological polar surface area (TPSA) is 105 Å². The number of benzene rings is 1. The zero-order valence-corrected chi connectivity index (χ0v) is 22.9. The fraction of sp³-hybridized carbons (Fsp3) is 0.536. The number of nitrogens with zero attached hydrogens (tertiary/aromatic N) is 2. The summed E-state index contributed by atoms with van der Waals surface area (Å²) >= 11 is 0. The van der Waals surface area contributed by atoms with Crippen LogP contribution in [0.3, 0.4) is 0 Å². The van der Waals surface area contributed by atoms with Crippen molar-refractivity contribution in [3.05, 3.63) is 59.2 Å². The third-order valence-corrected chi connectivity index (χ3v) is 11.6. The van der Waals surface area contributed by atoms with Crippen LogP contribution in [-0.4, -0.2) is 54.0 Å². The largest absolute Gasteiger partial charge is 0.481 e. The summed E-state index contributed by atoms with van der Waals surface area (Å²) in [6.07, 6.45) is -3.20. The maximum Gasteiger partial charge on any atom is 0.426 e. The first-order valence-electron chi connectivity index (χ1n) is 13.4. The van der Waals surface area contributed by atoms with E-state index >= 15 is 0 Å². The van der Waals surface area contributed by atoms with Crippen molar-refractivity contribution in [2.24, 2.45) is 11.8 Å². The minimum atomic E-state index is -5.23. The molecule has 3 unspecified atom stereocenters. The normalized spacial score (nSPS) is 28.0. The van der Waals surface area contributed by atoms with Crippen LogP contribution in [0.2, 0.25) is 0 Å². The first-order valence-corrected chi connectivity index (χ1v) is 14.9. The number of carboxylic acid groups (broad SMARTS) is 1. The Morgan fingerprint density at radius 1 is 1.02 bits per heavy atom. The monoisotopic (exact) mass is 600 g/mol. The highest BCUT2D eigenvalue weighted by atomic mass is 32.2. The Morgan fingerprint density at radius 2 is 1.63 bits per heavy atom. The number of aromatic nitrogens is 1. The standard InChI is InChI=1S/C28H29F5N2O5S/c1-26(30,28(31,32)33)19-14-18-6-11-22-27(23(18)34-15-19,41(39,40)21-9-7-20(29)8-10-21)12-13-35(22)24(36)16-2-4-17(5-3-16)25(37)38/h7-10,14-17,22H,2-6,11-13H2,1H3,(H,37,38). The molecular formula is C28H29F5N2O5S. The number of rotatable bonds is 5. The number of fused-ring (bicyclic) bond motifs is 3. The van der Waals surface area contributed by atoms with Gasteiger partial charge in [-0.1, -0.05) is 0 Å². The first kappa shape index (κ1) is 29.4. The molecule has 3 aliphatic rings. The average molecular weight is 601 g/mol. The van der Waals surface area contributed by atoms with Crippen molar-refractivity contribution in [2.45, 2.75) is 79.4 Å². The van der Waals surface area contributed by atoms with Gasteiger partial charge >= 0.3 is 12.1 Å². The molecule has 2 aromatic rings. The molecule has 41 heavy (non-hydrogen) atoms. The van der Waals surface area contributed by atoms with Gasteiger partial charge in [0.15, 0.2) is 9.84 Å². The molecule has 1 aliphatic heterocycles. The van der Waals surface area contributed by atoms with Crippen LogP contribution in [0.5, 0.6) is 0 Å². The van der Waals surface area contributed by atoms with E-state index in [0.717, 1.165) is 30.3 Å².